The first kappa shape index (κ1) is 20.9. The van der Waals surface area contributed by atoms with Gasteiger partial charge in [0.05, 0.1) is 12.5 Å². The summed E-state index contributed by atoms with van der Waals surface area (Å²) in [4.78, 5) is 38.0. The Morgan fingerprint density at radius 3 is 2.74 bits per heavy atom. The van der Waals surface area contributed by atoms with Crippen molar-refractivity contribution in [1.29, 1.82) is 0 Å². The van der Waals surface area contributed by atoms with Crippen molar-refractivity contribution in [2.24, 2.45) is 5.73 Å². The molecule has 1 fully saturated rings. The largest absolute Gasteiger partial charge is 0.402 e. The molecule has 0 unspecified atom stereocenters. The van der Waals surface area contributed by atoms with E-state index in [9.17, 15) is 19.5 Å². The molecule has 0 radical (unpaired) electrons. The molecule has 2 atom stereocenters. The van der Waals surface area contributed by atoms with Gasteiger partial charge in [-0.25, -0.2) is 0 Å². The third-order valence-corrected chi connectivity index (χ3v) is 4.61. The highest BCUT2D eigenvalue weighted by atomic mass is 35.5. The number of nitrogens with zero attached hydrogens (tertiary/aromatic N) is 1. The van der Waals surface area contributed by atoms with E-state index in [4.69, 9.17) is 17.3 Å². The van der Waals surface area contributed by atoms with Gasteiger partial charge < -0.3 is 21.1 Å². The second kappa shape index (κ2) is 9.01. The number of rotatable bonds is 6. The molecule has 1 aromatic carbocycles. The molecular formula is C19H24ClN3O4. The number of likely N-dealkylation sites (tertiary alicyclic amines) is 1. The van der Waals surface area contributed by atoms with E-state index in [2.05, 4.69) is 5.32 Å². The number of nitrogens with one attached hydrogen (secondary N) is 1. The molecule has 1 saturated heterocycles. The van der Waals surface area contributed by atoms with E-state index in [0.717, 1.165) is 11.1 Å². The quantitative estimate of drug-likeness (QED) is 0.494. The molecule has 1 heterocycles. The molecule has 146 valence electrons. The van der Waals surface area contributed by atoms with Gasteiger partial charge in [0.25, 0.3) is 0 Å². The number of amides is 2. The Hall–Kier alpha value is -2.38. The fourth-order valence-corrected chi connectivity index (χ4v) is 3.28. The van der Waals surface area contributed by atoms with Gasteiger partial charge in [-0.05, 0) is 37.1 Å². The van der Waals surface area contributed by atoms with Gasteiger partial charge in [0, 0.05) is 36.3 Å². The third-order valence-electron chi connectivity index (χ3n) is 4.37. The zero-order valence-corrected chi connectivity index (χ0v) is 16.1. The molecule has 7 nitrogen and oxygen atoms in total. The standard InChI is InChI=1S/C19H24ClN3O4/c1-11-5-14(20)4-3-13(11)9-22-19(27)17-7-16(25)10-23(17)18(26)8-15(24)6-12(2)21/h3-6,16-17,25H,7-10,21H2,1-2H3,(H,22,27)/t16-,17+/m1/s1. The van der Waals surface area contributed by atoms with Crippen molar-refractivity contribution in [3.8, 4) is 0 Å². The van der Waals surface area contributed by atoms with Crippen LogP contribution in [-0.2, 0) is 20.9 Å². The number of β-amino-alcohol motifs (C(OH)–C–C–N with tert-alkyl or cyclic N) is 1. The molecule has 4 N–H and O–H groups in total. The minimum absolute atomic E-state index is 0.0233. The van der Waals surface area contributed by atoms with E-state index >= 15 is 0 Å². The van der Waals surface area contributed by atoms with Crippen LogP contribution in [-0.4, -0.2) is 46.3 Å². The summed E-state index contributed by atoms with van der Waals surface area (Å²) >= 11 is 5.93. The van der Waals surface area contributed by atoms with Crippen LogP contribution < -0.4 is 11.1 Å². The number of aliphatic hydroxyl groups is 1. The topological polar surface area (TPSA) is 113 Å². The van der Waals surface area contributed by atoms with Gasteiger partial charge in [0.1, 0.15) is 6.04 Å². The van der Waals surface area contributed by atoms with Crippen molar-refractivity contribution in [1.82, 2.24) is 10.2 Å². The molecule has 1 aliphatic heterocycles. The number of hydrogen-bond donors (Lipinski definition) is 3. The SMILES string of the molecule is CC(N)=CC(=O)CC(=O)N1C[C@H](O)C[C@H]1C(=O)NCc1ccc(Cl)cc1C. The number of carbonyl (C=O) groups excluding carboxylic acids is 3. The Morgan fingerprint density at radius 2 is 2.11 bits per heavy atom. The maximum Gasteiger partial charge on any atom is 0.243 e. The molecule has 0 bridgehead atoms. The summed E-state index contributed by atoms with van der Waals surface area (Å²) in [7, 11) is 0. The van der Waals surface area contributed by atoms with E-state index in [1.165, 1.54) is 11.0 Å². The van der Waals surface area contributed by atoms with Gasteiger partial charge in [-0.15, -0.1) is 0 Å². The molecule has 1 aromatic rings. The van der Waals surface area contributed by atoms with Crippen molar-refractivity contribution in [3.05, 3.63) is 46.1 Å². The Balaban J connectivity index is 2.01. The summed E-state index contributed by atoms with van der Waals surface area (Å²) < 4.78 is 0. The van der Waals surface area contributed by atoms with Crippen molar-refractivity contribution < 1.29 is 19.5 Å². The summed E-state index contributed by atoms with van der Waals surface area (Å²) in [5, 5.41) is 13.3. The van der Waals surface area contributed by atoms with Gasteiger partial charge in [-0.3, -0.25) is 14.4 Å². The summed E-state index contributed by atoms with van der Waals surface area (Å²) in [5.74, 6) is -1.30. The van der Waals surface area contributed by atoms with Crippen LogP contribution in [0.25, 0.3) is 0 Å². The van der Waals surface area contributed by atoms with E-state index < -0.39 is 23.8 Å². The van der Waals surface area contributed by atoms with Crippen molar-refractivity contribution in [3.63, 3.8) is 0 Å². The highest BCUT2D eigenvalue weighted by Crippen LogP contribution is 2.20. The van der Waals surface area contributed by atoms with Crippen molar-refractivity contribution in [2.45, 2.75) is 45.4 Å². The predicted octanol–water partition coefficient (Wildman–Crippen LogP) is 1.05. The fraction of sp³-hybridized carbons (Fsp3) is 0.421. The number of ketones is 1. The van der Waals surface area contributed by atoms with E-state index in [1.807, 2.05) is 13.0 Å². The van der Waals surface area contributed by atoms with E-state index in [-0.39, 0.29) is 31.8 Å². The average Bonchev–Trinajstić information content (AvgIpc) is 2.95. The first-order chi connectivity index (χ1) is 12.7. The number of aryl methyl sites for hydroxylation is 1. The molecular weight excluding hydrogens is 370 g/mol. The summed E-state index contributed by atoms with van der Waals surface area (Å²) in [6.45, 7) is 3.75. The minimum Gasteiger partial charge on any atom is -0.402 e. The van der Waals surface area contributed by atoms with Crippen LogP contribution in [0.5, 0.6) is 0 Å². The molecule has 27 heavy (non-hydrogen) atoms. The minimum atomic E-state index is -0.809. The summed E-state index contributed by atoms with van der Waals surface area (Å²) in [6.07, 6.45) is 0.130. The Morgan fingerprint density at radius 1 is 1.41 bits per heavy atom. The number of carbonyl (C=O) groups is 3. The zero-order chi connectivity index (χ0) is 20.1. The number of nitrogens with two attached hydrogens (primary N) is 1. The predicted molar refractivity (Wildman–Crippen MR) is 102 cm³/mol. The van der Waals surface area contributed by atoms with Crippen LogP contribution in [0.3, 0.4) is 0 Å². The average molecular weight is 394 g/mol. The van der Waals surface area contributed by atoms with E-state index in [1.54, 1.807) is 19.1 Å². The van der Waals surface area contributed by atoms with Gasteiger partial charge >= 0.3 is 0 Å². The van der Waals surface area contributed by atoms with Crippen LogP contribution >= 0.6 is 11.6 Å². The van der Waals surface area contributed by atoms with E-state index in [0.29, 0.717) is 10.7 Å². The number of allylic oxidation sites excluding steroid dienone is 2. The highest BCUT2D eigenvalue weighted by Gasteiger charge is 2.38. The van der Waals surface area contributed by atoms with Crippen LogP contribution in [0.1, 0.15) is 30.9 Å². The van der Waals surface area contributed by atoms with Gasteiger partial charge in [-0.2, -0.15) is 0 Å². The van der Waals surface area contributed by atoms with Crippen molar-refractivity contribution >= 4 is 29.2 Å². The maximum absolute atomic E-state index is 12.6. The molecule has 0 spiro atoms. The molecule has 0 aromatic heterocycles. The lowest BCUT2D eigenvalue weighted by molar-refractivity contribution is -0.140. The fourth-order valence-electron chi connectivity index (χ4n) is 3.05. The van der Waals surface area contributed by atoms with Crippen LogP contribution in [0, 0.1) is 6.92 Å². The lowest BCUT2D eigenvalue weighted by atomic mass is 10.1. The second-order valence-corrected chi connectivity index (χ2v) is 7.21. The number of hydrogen-bond acceptors (Lipinski definition) is 5. The first-order valence-electron chi connectivity index (χ1n) is 8.64. The molecule has 0 saturated carbocycles. The normalized spacial score (nSPS) is 19.9. The second-order valence-electron chi connectivity index (χ2n) is 6.77. The van der Waals surface area contributed by atoms with Gasteiger partial charge in [-0.1, -0.05) is 17.7 Å². The monoisotopic (exact) mass is 393 g/mol. The summed E-state index contributed by atoms with van der Waals surface area (Å²) in [6, 6.07) is 4.56. The number of benzene rings is 1. The molecule has 2 rings (SSSR count). The zero-order valence-electron chi connectivity index (χ0n) is 15.4. The first-order valence-corrected chi connectivity index (χ1v) is 9.02. The molecule has 0 aliphatic carbocycles. The maximum atomic E-state index is 12.6. The third kappa shape index (κ3) is 5.80. The van der Waals surface area contributed by atoms with Crippen LogP contribution in [0.15, 0.2) is 30.0 Å². The number of halogens is 1. The smallest absolute Gasteiger partial charge is 0.243 e. The number of aliphatic hydroxyl groups excluding tert-OH is 1. The van der Waals surface area contributed by atoms with Gasteiger partial charge in [0.2, 0.25) is 11.8 Å². The Kier molecular flexibility index (Phi) is 6.98. The van der Waals surface area contributed by atoms with Crippen molar-refractivity contribution in [2.75, 3.05) is 6.54 Å². The highest BCUT2D eigenvalue weighted by molar-refractivity contribution is 6.30. The van der Waals surface area contributed by atoms with Gasteiger partial charge in [0.15, 0.2) is 5.78 Å². The van der Waals surface area contributed by atoms with Crippen LogP contribution in [0.4, 0.5) is 0 Å². The Bertz CT molecular complexity index is 774. The summed E-state index contributed by atoms with van der Waals surface area (Å²) in [5.41, 5.74) is 7.59. The van der Waals surface area contributed by atoms with Crippen LogP contribution in [0.2, 0.25) is 5.02 Å². The lowest BCUT2D eigenvalue weighted by Crippen LogP contribution is -2.46. The molecule has 1 aliphatic rings. The molecule has 8 heteroatoms. The Labute approximate surface area is 163 Å². The molecule has 2 amide bonds. The lowest BCUT2D eigenvalue weighted by Gasteiger charge is -2.23.